The molecule has 19 heavy (non-hydrogen) atoms. The molecule has 0 radical (unpaired) electrons. The Labute approximate surface area is 115 Å². The van der Waals surface area contributed by atoms with Crippen molar-refractivity contribution in [2.75, 3.05) is 5.75 Å². The van der Waals surface area contributed by atoms with E-state index in [0.29, 0.717) is 5.02 Å². The maximum atomic E-state index is 12.1. The van der Waals surface area contributed by atoms with Crippen LogP contribution in [0, 0.1) is 5.92 Å². The van der Waals surface area contributed by atoms with E-state index in [2.05, 4.69) is 5.32 Å². The molecule has 1 aliphatic rings. The Morgan fingerprint density at radius 1 is 1.21 bits per heavy atom. The highest BCUT2D eigenvalue weighted by Crippen LogP contribution is 2.21. The predicted molar refractivity (Wildman–Crippen MR) is 69.4 cm³/mol. The summed E-state index contributed by atoms with van der Waals surface area (Å²) >= 11 is 5.70. The monoisotopic (exact) mass is 301 g/mol. The third kappa shape index (κ3) is 3.33. The molecule has 1 saturated heterocycles. The van der Waals surface area contributed by atoms with Crippen LogP contribution >= 0.6 is 11.6 Å². The van der Waals surface area contributed by atoms with E-state index in [-0.39, 0.29) is 29.4 Å². The van der Waals surface area contributed by atoms with Crippen LogP contribution in [0.25, 0.3) is 0 Å². The Hall–Kier alpha value is -1.40. The van der Waals surface area contributed by atoms with Crippen molar-refractivity contribution >= 4 is 33.3 Å². The maximum absolute atomic E-state index is 12.1. The van der Waals surface area contributed by atoms with Gasteiger partial charge in [0.15, 0.2) is 9.84 Å². The first-order valence-electron chi connectivity index (χ1n) is 5.70. The molecule has 2 amide bonds. The number of nitrogens with one attached hydrogen (secondary N) is 1. The van der Waals surface area contributed by atoms with Crippen LogP contribution in [0.2, 0.25) is 5.02 Å². The Kier molecular flexibility index (Phi) is 3.91. The fourth-order valence-electron chi connectivity index (χ4n) is 1.90. The van der Waals surface area contributed by atoms with E-state index in [9.17, 15) is 18.0 Å². The third-order valence-electron chi connectivity index (χ3n) is 2.95. The lowest BCUT2D eigenvalue weighted by Gasteiger charge is -2.20. The Balaban J connectivity index is 2.15. The molecular weight excluding hydrogens is 290 g/mol. The molecule has 0 bridgehead atoms. The van der Waals surface area contributed by atoms with Crippen molar-refractivity contribution < 1.29 is 18.0 Å². The number of hydrogen-bond donors (Lipinski definition) is 1. The average Bonchev–Trinajstić information content (AvgIpc) is 2.33. The fraction of sp³-hybridized carbons (Fsp3) is 0.333. The van der Waals surface area contributed by atoms with Crippen LogP contribution in [0.4, 0.5) is 0 Å². The number of hydrogen-bond acceptors (Lipinski definition) is 4. The molecule has 1 aliphatic heterocycles. The zero-order chi connectivity index (χ0) is 14.0. The van der Waals surface area contributed by atoms with E-state index in [0.717, 1.165) is 0 Å². The molecule has 1 unspecified atom stereocenters. The fourth-order valence-corrected chi connectivity index (χ4v) is 3.62. The van der Waals surface area contributed by atoms with E-state index < -0.39 is 21.7 Å². The molecule has 1 aromatic carbocycles. The van der Waals surface area contributed by atoms with Crippen LogP contribution in [0.3, 0.4) is 0 Å². The molecule has 1 N–H and O–H groups in total. The summed E-state index contributed by atoms with van der Waals surface area (Å²) in [6, 6.07) is 5.78. The van der Waals surface area contributed by atoms with Gasteiger partial charge in [0.25, 0.3) is 0 Å². The van der Waals surface area contributed by atoms with E-state index in [1.807, 2.05) is 0 Å². The first kappa shape index (κ1) is 14.0. The smallest absolute Gasteiger partial charge is 0.230 e. The summed E-state index contributed by atoms with van der Waals surface area (Å²) in [5.41, 5.74) is 0. The van der Waals surface area contributed by atoms with Crippen LogP contribution in [-0.2, 0) is 19.4 Å². The van der Waals surface area contributed by atoms with Gasteiger partial charge in [0.2, 0.25) is 11.8 Å². The standard InChI is InChI=1S/C12H12ClNO4S/c13-9-2-4-10(5-3-9)19(17,18)7-8-1-6-11(15)14-12(8)16/h2-5,8H,1,6-7H2,(H,14,15,16). The minimum Gasteiger partial charge on any atom is -0.296 e. The summed E-state index contributed by atoms with van der Waals surface area (Å²) in [5, 5.41) is 2.59. The van der Waals surface area contributed by atoms with Gasteiger partial charge in [0, 0.05) is 11.4 Å². The Morgan fingerprint density at radius 3 is 2.42 bits per heavy atom. The van der Waals surface area contributed by atoms with Gasteiger partial charge in [0.1, 0.15) is 0 Å². The molecule has 1 atom stereocenters. The molecular formula is C12H12ClNO4S. The van der Waals surface area contributed by atoms with Crippen LogP contribution in [0.5, 0.6) is 0 Å². The first-order chi connectivity index (χ1) is 8.88. The number of carbonyl (C=O) groups is 2. The van der Waals surface area contributed by atoms with Crippen LogP contribution in [0.1, 0.15) is 12.8 Å². The molecule has 1 heterocycles. The average molecular weight is 302 g/mol. The third-order valence-corrected chi connectivity index (χ3v) is 5.03. The molecule has 2 rings (SSSR count). The largest absolute Gasteiger partial charge is 0.296 e. The molecule has 0 aromatic heterocycles. The van der Waals surface area contributed by atoms with Crippen molar-refractivity contribution in [1.82, 2.24) is 5.32 Å². The van der Waals surface area contributed by atoms with Crippen molar-refractivity contribution in [3.05, 3.63) is 29.3 Å². The molecule has 0 saturated carbocycles. The number of piperidine rings is 1. The number of halogens is 1. The lowest BCUT2D eigenvalue weighted by molar-refractivity contribution is -0.135. The molecule has 5 nitrogen and oxygen atoms in total. The van der Waals surface area contributed by atoms with Gasteiger partial charge in [0.05, 0.1) is 16.6 Å². The highest BCUT2D eigenvalue weighted by molar-refractivity contribution is 7.91. The quantitative estimate of drug-likeness (QED) is 0.850. The molecule has 7 heteroatoms. The topological polar surface area (TPSA) is 80.3 Å². The second kappa shape index (κ2) is 5.30. The van der Waals surface area contributed by atoms with Crippen LogP contribution < -0.4 is 5.32 Å². The van der Waals surface area contributed by atoms with Gasteiger partial charge in [-0.3, -0.25) is 14.9 Å². The number of carbonyl (C=O) groups excluding carboxylic acids is 2. The minimum absolute atomic E-state index is 0.126. The van der Waals surface area contributed by atoms with Crippen molar-refractivity contribution in [2.45, 2.75) is 17.7 Å². The van der Waals surface area contributed by atoms with E-state index in [4.69, 9.17) is 11.6 Å². The van der Waals surface area contributed by atoms with Crippen LogP contribution in [-0.4, -0.2) is 26.0 Å². The Bertz CT molecular complexity index is 609. The molecule has 0 aliphatic carbocycles. The summed E-state index contributed by atoms with van der Waals surface area (Å²) in [5.74, 6) is -1.86. The summed E-state index contributed by atoms with van der Waals surface area (Å²) in [7, 11) is -3.56. The summed E-state index contributed by atoms with van der Waals surface area (Å²) in [4.78, 5) is 22.7. The number of amides is 2. The van der Waals surface area contributed by atoms with Gasteiger partial charge in [-0.2, -0.15) is 0 Å². The highest BCUT2D eigenvalue weighted by Gasteiger charge is 2.31. The van der Waals surface area contributed by atoms with Crippen molar-refractivity contribution in [2.24, 2.45) is 5.92 Å². The lowest BCUT2D eigenvalue weighted by Crippen LogP contribution is -2.43. The molecule has 0 spiro atoms. The number of imide groups is 1. The predicted octanol–water partition coefficient (Wildman–Crippen LogP) is 1.17. The van der Waals surface area contributed by atoms with E-state index in [1.165, 1.54) is 24.3 Å². The molecule has 1 aromatic rings. The minimum atomic E-state index is -3.56. The SMILES string of the molecule is O=C1CCC(CS(=O)(=O)c2ccc(Cl)cc2)C(=O)N1. The van der Waals surface area contributed by atoms with Crippen molar-refractivity contribution in [3.63, 3.8) is 0 Å². The summed E-state index contributed by atoms with van der Waals surface area (Å²) in [6.45, 7) is 0. The van der Waals surface area contributed by atoms with Crippen molar-refractivity contribution in [3.8, 4) is 0 Å². The molecule has 102 valence electrons. The first-order valence-corrected chi connectivity index (χ1v) is 7.73. The van der Waals surface area contributed by atoms with Crippen molar-refractivity contribution in [1.29, 1.82) is 0 Å². The number of benzene rings is 1. The van der Waals surface area contributed by atoms with Gasteiger partial charge >= 0.3 is 0 Å². The molecule has 1 fully saturated rings. The van der Waals surface area contributed by atoms with Crippen LogP contribution in [0.15, 0.2) is 29.2 Å². The second-order valence-corrected chi connectivity index (χ2v) is 6.85. The lowest BCUT2D eigenvalue weighted by atomic mass is 10.0. The van der Waals surface area contributed by atoms with Gasteiger partial charge in [-0.15, -0.1) is 0 Å². The number of rotatable bonds is 3. The number of sulfone groups is 1. The van der Waals surface area contributed by atoms with Gasteiger partial charge < -0.3 is 0 Å². The normalized spacial score (nSPS) is 20.2. The Morgan fingerprint density at radius 2 is 1.84 bits per heavy atom. The van der Waals surface area contributed by atoms with E-state index in [1.54, 1.807) is 0 Å². The van der Waals surface area contributed by atoms with Gasteiger partial charge in [-0.05, 0) is 30.7 Å². The summed E-state index contributed by atoms with van der Waals surface area (Å²) < 4.78 is 24.3. The van der Waals surface area contributed by atoms with Gasteiger partial charge in [-0.1, -0.05) is 11.6 Å². The maximum Gasteiger partial charge on any atom is 0.230 e. The van der Waals surface area contributed by atoms with Gasteiger partial charge in [-0.25, -0.2) is 8.42 Å². The summed E-state index contributed by atoms with van der Waals surface area (Å²) in [6.07, 6.45) is 0.435. The second-order valence-electron chi connectivity index (χ2n) is 4.38. The zero-order valence-electron chi connectivity index (χ0n) is 9.93. The highest BCUT2D eigenvalue weighted by atomic mass is 35.5. The zero-order valence-corrected chi connectivity index (χ0v) is 11.5. The van der Waals surface area contributed by atoms with E-state index >= 15 is 0 Å².